The fourth-order valence-electron chi connectivity index (χ4n) is 0.846. The maximum atomic E-state index is 10.4. The molecular formula is C6H4IN3O4. The van der Waals surface area contributed by atoms with Crippen molar-refractivity contribution in [3.63, 3.8) is 0 Å². The first-order valence-electron chi connectivity index (χ1n) is 3.31. The van der Waals surface area contributed by atoms with Crippen LogP contribution in [-0.2, 0) is 0 Å². The number of nitrogen functional groups attached to an aromatic ring is 1. The molecule has 14 heavy (non-hydrogen) atoms. The van der Waals surface area contributed by atoms with E-state index in [2.05, 4.69) is 0 Å². The Labute approximate surface area is 91.3 Å². The number of rotatable bonds is 2. The first kappa shape index (κ1) is 10.6. The van der Waals surface area contributed by atoms with Gasteiger partial charge < -0.3 is 5.73 Å². The Bertz CT molecular complexity index is 420. The van der Waals surface area contributed by atoms with Crippen LogP contribution >= 0.6 is 22.6 Å². The van der Waals surface area contributed by atoms with Crippen LogP contribution in [0.3, 0.4) is 0 Å². The molecule has 0 saturated carbocycles. The zero-order chi connectivity index (χ0) is 10.9. The summed E-state index contributed by atoms with van der Waals surface area (Å²) in [5, 5.41) is 20.8. The number of hydrogen-bond acceptors (Lipinski definition) is 5. The highest BCUT2D eigenvalue weighted by Gasteiger charge is 2.20. The van der Waals surface area contributed by atoms with Gasteiger partial charge in [0.1, 0.15) is 5.69 Å². The number of halogens is 1. The summed E-state index contributed by atoms with van der Waals surface area (Å²) in [7, 11) is 0. The summed E-state index contributed by atoms with van der Waals surface area (Å²) in [6.45, 7) is 0. The van der Waals surface area contributed by atoms with Crippen molar-refractivity contribution in [2.45, 2.75) is 0 Å². The molecule has 0 atom stereocenters. The first-order valence-corrected chi connectivity index (χ1v) is 4.39. The average molecular weight is 309 g/mol. The number of nitrogens with two attached hydrogens (primary N) is 1. The van der Waals surface area contributed by atoms with Crippen molar-refractivity contribution < 1.29 is 9.85 Å². The molecule has 0 radical (unpaired) electrons. The quantitative estimate of drug-likeness (QED) is 0.386. The van der Waals surface area contributed by atoms with Crippen LogP contribution in [0.2, 0.25) is 0 Å². The summed E-state index contributed by atoms with van der Waals surface area (Å²) in [6.07, 6.45) is 0. The molecule has 0 bridgehead atoms. The number of hydrogen-bond donors (Lipinski definition) is 1. The Balaban J connectivity index is 3.43. The van der Waals surface area contributed by atoms with Crippen LogP contribution in [-0.4, -0.2) is 9.85 Å². The minimum absolute atomic E-state index is 0.0544. The highest BCUT2D eigenvalue weighted by atomic mass is 127. The third-order valence-corrected chi connectivity index (χ3v) is 2.39. The minimum Gasteiger partial charge on any atom is -0.392 e. The molecule has 1 rings (SSSR count). The fraction of sp³-hybridized carbons (Fsp3) is 0. The highest BCUT2D eigenvalue weighted by molar-refractivity contribution is 14.1. The summed E-state index contributed by atoms with van der Waals surface area (Å²) < 4.78 is 0.295. The normalized spacial score (nSPS) is 9.79. The molecule has 0 aliphatic rings. The van der Waals surface area contributed by atoms with E-state index >= 15 is 0 Å². The largest absolute Gasteiger partial charge is 0.392 e. The lowest BCUT2D eigenvalue weighted by Gasteiger charge is -1.99. The molecule has 0 unspecified atom stereocenters. The van der Waals surface area contributed by atoms with E-state index in [1.54, 1.807) is 22.6 Å². The fourth-order valence-corrected chi connectivity index (χ4v) is 1.44. The summed E-state index contributed by atoms with van der Waals surface area (Å²) >= 11 is 1.71. The molecule has 8 heteroatoms. The molecule has 7 nitrogen and oxygen atoms in total. The Morgan fingerprint density at radius 1 is 1.21 bits per heavy atom. The van der Waals surface area contributed by atoms with Gasteiger partial charge in [0, 0.05) is 9.64 Å². The van der Waals surface area contributed by atoms with E-state index in [9.17, 15) is 20.2 Å². The maximum absolute atomic E-state index is 10.4. The van der Waals surface area contributed by atoms with E-state index < -0.39 is 15.5 Å². The molecular weight excluding hydrogens is 305 g/mol. The summed E-state index contributed by atoms with van der Waals surface area (Å²) in [5.41, 5.74) is 4.55. The van der Waals surface area contributed by atoms with Gasteiger partial charge in [-0.1, -0.05) is 0 Å². The van der Waals surface area contributed by atoms with Crippen molar-refractivity contribution in [3.8, 4) is 0 Å². The van der Waals surface area contributed by atoms with Crippen LogP contribution < -0.4 is 5.73 Å². The van der Waals surface area contributed by atoms with Crippen molar-refractivity contribution in [1.82, 2.24) is 0 Å². The van der Waals surface area contributed by atoms with Gasteiger partial charge in [-0.2, -0.15) is 0 Å². The second-order valence-corrected chi connectivity index (χ2v) is 3.54. The van der Waals surface area contributed by atoms with E-state index in [0.29, 0.717) is 3.57 Å². The maximum Gasteiger partial charge on any atom is 0.300 e. The summed E-state index contributed by atoms with van der Waals surface area (Å²) in [6, 6.07) is 2.03. The Morgan fingerprint density at radius 3 is 2.21 bits per heavy atom. The lowest BCUT2D eigenvalue weighted by Crippen LogP contribution is -2.00. The van der Waals surface area contributed by atoms with Gasteiger partial charge in [-0.15, -0.1) is 0 Å². The van der Waals surface area contributed by atoms with Crippen LogP contribution in [0.5, 0.6) is 0 Å². The highest BCUT2D eigenvalue weighted by Crippen LogP contribution is 2.31. The van der Waals surface area contributed by atoms with Crippen molar-refractivity contribution in [2.24, 2.45) is 0 Å². The molecule has 0 aromatic heterocycles. The number of nitrogens with zero attached hydrogens (tertiary/aromatic N) is 2. The van der Waals surface area contributed by atoms with Crippen molar-refractivity contribution in [3.05, 3.63) is 35.9 Å². The van der Waals surface area contributed by atoms with Gasteiger partial charge in [-0.05, 0) is 22.6 Å². The Hall–Kier alpha value is -1.45. The molecule has 0 aliphatic carbocycles. The third kappa shape index (κ3) is 1.89. The van der Waals surface area contributed by atoms with Crippen molar-refractivity contribution in [1.29, 1.82) is 0 Å². The standard InChI is InChI=1S/C6H4IN3O4/c7-4-1-3(9(11)12)2-5(6(4)8)10(13)14/h1-2H,8H2. The second-order valence-electron chi connectivity index (χ2n) is 2.37. The number of nitro groups is 2. The molecule has 74 valence electrons. The van der Waals surface area contributed by atoms with Gasteiger partial charge in [0.05, 0.1) is 15.9 Å². The lowest BCUT2D eigenvalue weighted by molar-refractivity contribution is -0.393. The molecule has 0 spiro atoms. The van der Waals surface area contributed by atoms with Gasteiger partial charge in [0.15, 0.2) is 0 Å². The molecule has 1 aromatic carbocycles. The molecule has 0 fully saturated rings. The topological polar surface area (TPSA) is 112 Å². The number of benzene rings is 1. The van der Waals surface area contributed by atoms with Crippen LogP contribution in [0.4, 0.5) is 17.1 Å². The van der Waals surface area contributed by atoms with E-state index in [1.165, 1.54) is 6.07 Å². The monoisotopic (exact) mass is 309 g/mol. The van der Waals surface area contributed by atoms with Crippen molar-refractivity contribution >= 4 is 39.7 Å². The van der Waals surface area contributed by atoms with Crippen LogP contribution in [0.15, 0.2) is 12.1 Å². The predicted molar refractivity (Wildman–Crippen MR) is 56.9 cm³/mol. The first-order chi connectivity index (χ1) is 6.43. The van der Waals surface area contributed by atoms with Crippen LogP contribution in [0, 0.1) is 23.8 Å². The number of nitro benzene ring substituents is 2. The zero-order valence-electron chi connectivity index (χ0n) is 6.64. The third-order valence-electron chi connectivity index (χ3n) is 1.50. The number of anilines is 1. The second kappa shape index (κ2) is 3.74. The molecule has 2 N–H and O–H groups in total. The van der Waals surface area contributed by atoms with Crippen LogP contribution in [0.25, 0.3) is 0 Å². The molecule has 1 aromatic rings. The molecule has 0 aliphatic heterocycles. The molecule has 0 saturated heterocycles. The lowest BCUT2D eigenvalue weighted by atomic mass is 10.2. The van der Waals surface area contributed by atoms with E-state index in [4.69, 9.17) is 5.73 Å². The average Bonchev–Trinajstić information content (AvgIpc) is 2.08. The van der Waals surface area contributed by atoms with Crippen molar-refractivity contribution in [2.75, 3.05) is 5.73 Å². The van der Waals surface area contributed by atoms with Crippen LogP contribution in [0.1, 0.15) is 0 Å². The van der Waals surface area contributed by atoms with Gasteiger partial charge in [0.2, 0.25) is 0 Å². The number of non-ortho nitro benzene ring substituents is 1. The smallest absolute Gasteiger partial charge is 0.300 e. The summed E-state index contributed by atoms with van der Waals surface area (Å²) in [4.78, 5) is 19.4. The van der Waals surface area contributed by atoms with E-state index in [-0.39, 0.29) is 11.4 Å². The van der Waals surface area contributed by atoms with Gasteiger partial charge >= 0.3 is 0 Å². The minimum atomic E-state index is -0.746. The Morgan fingerprint density at radius 2 is 1.79 bits per heavy atom. The van der Waals surface area contributed by atoms with E-state index in [0.717, 1.165) is 6.07 Å². The molecule has 0 heterocycles. The Kier molecular flexibility index (Phi) is 2.84. The molecule has 0 amide bonds. The van der Waals surface area contributed by atoms with Gasteiger partial charge in [-0.25, -0.2) is 0 Å². The van der Waals surface area contributed by atoms with Gasteiger partial charge in [0.25, 0.3) is 11.4 Å². The van der Waals surface area contributed by atoms with Gasteiger partial charge in [-0.3, -0.25) is 20.2 Å². The summed E-state index contributed by atoms with van der Waals surface area (Å²) in [5.74, 6) is 0. The predicted octanol–water partition coefficient (Wildman–Crippen LogP) is 1.69. The SMILES string of the molecule is Nc1c(I)cc([N+](=O)[O-])cc1[N+](=O)[O-]. The zero-order valence-corrected chi connectivity index (χ0v) is 8.79. The van der Waals surface area contributed by atoms with E-state index in [1.807, 2.05) is 0 Å².